The summed E-state index contributed by atoms with van der Waals surface area (Å²) in [7, 11) is 0. The quantitative estimate of drug-likeness (QED) is 0.865. The largest absolute Gasteiger partial charge is 0.365 e. The van der Waals surface area contributed by atoms with Crippen LogP contribution in [0.25, 0.3) is 10.4 Å². The average molecular weight is 287 g/mol. The van der Waals surface area contributed by atoms with Crippen LogP contribution in [0.1, 0.15) is 60.3 Å². The summed E-state index contributed by atoms with van der Waals surface area (Å²) in [5.41, 5.74) is 9.00. The standard InChI is InChI=1S/C17H21NOS/c1-10(2)12-5-7-13(8-6-12)15-9-14(11(3)4)16(20-15)17(18)19/h5-11H,1-4H3,(H2,18,19). The fraction of sp³-hybridized carbons (Fsp3) is 0.353. The van der Waals surface area contributed by atoms with Crippen LogP contribution in [-0.2, 0) is 0 Å². The van der Waals surface area contributed by atoms with Crippen LogP contribution in [-0.4, -0.2) is 5.91 Å². The second-order valence-electron chi connectivity index (χ2n) is 5.69. The van der Waals surface area contributed by atoms with E-state index < -0.39 is 0 Å². The van der Waals surface area contributed by atoms with E-state index in [4.69, 9.17) is 5.73 Å². The molecule has 0 aliphatic heterocycles. The number of benzene rings is 1. The van der Waals surface area contributed by atoms with Gasteiger partial charge in [-0.3, -0.25) is 4.79 Å². The summed E-state index contributed by atoms with van der Waals surface area (Å²) in [6.45, 7) is 8.53. The lowest BCUT2D eigenvalue weighted by atomic mass is 10.00. The number of primary amides is 1. The van der Waals surface area contributed by atoms with Crippen LogP contribution >= 0.6 is 11.3 Å². The summed E-state index contributed by atoms with van der Waals surface area (Å²) in [4.78, 5) is 13.3. The van der Waals surface area contributed by atoms with Gasteiger partial charge in [-0.05, 0) is 34.6 Å². The first-order valence-corrected chi connectivity index (χ1v) is 7.75. The molecule has 2 rings (SSSR count). The molecule has 2 N–H and O–H groups in total. The maximum Gasteiger partial charge on any atom is 0.259 e. The van der Waals surface area contributed by atoms with Gasteiger partial charge < -0.3 is 5.73 Å². The molecular weight excluding hydrogens is 266 g/mol. The minimum absolute atomic E-state index is 0.303. The SMILES string of the molecule is CC(C)c1ccc(-c2cc(C(C)C)c(C(N)=O)s2)cc1. The maximum atomic E-state index is 11.5. The Kier molecular flexibility index (Phi) is 4.29. The van der Waals surface area contributed by atoms with Crippen molar-refractivity contribution >= 4 is 17.2 Å². The van der Waals surface area contributed by atoms with Gasteiger partial charge >= 0.3 is 0 Å². The average Bonchev–Trinajstić information content (AvgIpc) is 2.84. The molecule has 2 nitrogen and oxygen atoms in total. The predicted octanol–water partition coefficient (Wildman–Crippen LogP) is 4.76. The minimum atomic E-state index is -0.330. The summed E-state index contributed by atoms with van der Waals surface area (Å²) in [6, 6.07) is 10.6. The monoisotopic (exact) mass is 287 g/mol. The summed E-state index contributed by atoms with van der Waals surface area (Å²) in [5, 5.41) is 0. The maximum absolute atomic E-state index is 11.5. The predicted molar refractivity (Wildman–Crippen MR) is 86.5 cm³/mol. The Morgan fingerprint density at radius 2 is 1.65 bits per heavy atom. The Bertz CT molecular complexity index is 608. The van der Waals surface area contributed by atoms with E-state index in [1.165, 1.54) is 16.9 Å². The van der Waals surface area contributed by atoms with E-state index in [9.17, 15) is 4.79 Å². The van der Waals surface area contributed by atoms with Crippen molar-refractivity contribution in [2.45, 2.75) is 39.5 Å². The highest BCUT2D eigenvalue weighted by molar-refractivity contribution is 7.17. The van der Waals surface area contributed by atoms with Crippen molar-refractivity contribution in [2.24, 2.45) is 5.73 Å². The molecule has 0 unspecified atom stereocenters. The Hall–Kier alpha value is -1.61. The number of thiophene rings is 1. The first-order chi connectivity index (χ1) is 9.40. The van der Waals surface area contributed by atoms with Gasteiger partial charge in [-0.15, -0.1) is 11.3 Å². The number of nitrogens with two attached hydrogens (primary N) is 1. The van der Waals surface area contributed by atoms with Gasteiger partial charge in [0.25, 0.3) is 5.91 Å². The molecule has 0 radical (unpaired) electrons. The van der Waals surface area contributed by atoms with Crippen LogP contribution in [0.4, 0.5) is 0 Å². The molecule has 2 aromatic rings. The first-order valence-electron chi connectivity index (χ1n) is 6.94. The molecule has 20 heavy (non-hydrogen) atoms. The highest BCUT2D eigenvalue weighted by atomic mass is 32.1. The van der Waals surface area contributed by atoms with Crippen molar-refractivity contribution in [3.05, 3.63) is 46.3 Å². The Morgan fingerprint density at radius 3 is 2.05 bits per heavy atom. The van der Waals surface area contributed by atoms with Gasteiger partial charge in [-0.1, -0.05) is 52.0 Å². The molecule has 1 aromatic carbocycles. The molecule has 0 saturated carbocycles. The van der Waals surface area contributed by atoms with Gasteiger partial charge in [0, 0.05) is 4.88 Å². The smallest absolute Gasteiger partial charge is 0.259 e. The molecule has 0 spiro atoms. The molecule has 106 valence electrons. The van der Waals surface area contributed by atoms with Crippen molar-refractivity contribution in [3.8, 4) is 10.4 Å². The number of carbonyl (C=O) groups is 1. The molecule has 0 saturated heterocycles. The van der Waals surface area contributed by atoms with Crippen molar-refractivity contribution < 1.29 is 4.79 Å². The van der Waals surface area contributed by atoms with Crippen LogP contribution in [0.15, 0.2) is 30.3 Å². The number of hydrogen-bond donors (Lipinski definition) is 1. The molecule has 0 fully saturated rings. The third-order valence-electron chi connectivity index (χ3n) is 3.47. The van der Waals surface area contributed by atoms with Crippen molar-refractivity contribution in [2.75, 3.05) is 0 Å². The van der Waals surface area contributed by atoms with Gasteiger partial charge in [0.2, 0.25) is 0 Å². The van der Waals surface area contributed by atoms with Gasteiger partial charge in [0.05, 0.1) is 4.88 Å². The highest BCUT2D eigenvalue weighted by Gasteiger charge is 2.17. The Labute approximate surface area is 124 Å². The number of hydrogen-bond acceptors (Lipinski definition) is 2. The fourth-order valence-corrected chi connectivity index (χ4v) is 3.37. The summed E-state index contributed by atoms with van der Waals surface area (Å²) >= 11 is 1.49. The summed E-state index contributed by atoms with van der Waals surface area (Å²) in [5.74, 6) is 0.501. The second kappa shape index (κ2) is 5.80. The zero-order valence-electron chi connectivity index (χ0n) is 12.4. The molecule has 3 heteroatoms. The molecule has 1 amide bonds. The first kappa shape index (κ1) is 14.8. The van der Waals surface area contributed by atoms with Gasteiger partial charge in [0.1, 0.15) is 0 Å². The lowest BCUT2D eigenvalue weighted by molar-refractivity contribution is 0.100. The number of carbonyl (C=O) groups excluding carboxylic acids is 1. The van der Waals surface area contributed by atoms with E-state index in [0.717, 1.165) is 16.0 Å². The summed E-state index contributed by atoms with van der Waals surface area (Å²) in [6.07, 6.45) is 0. The van der Waals surface area contributed by atoms with E-state index in [1.807, 2.05) is 0 Å². The third-order valence-corrected chi connectivity index (χ3v) is 4.68. The van der Waals surface area contributed by atoms with Crippen molar-refractivity contribution in [3.63, 3.8) is 0 Å². The minimum Gasteiger partial charge on any atom is -0.365 e. The molecule has 0 aliphatic carbocycles. The van der Waals surface area contributed by atoms with Gasteiger partial charge in [0.15, 0.2) is 0 Å². The van der Waals surface area contributed by atoms with Gasteiger partial charge in [-0.2, -0.15) is 0 Å². The van der Waals surface area contributed by atoms with E-state index in [0.29, 0.717) is 16.7 Å². The van der Waals surface area contributed by atoms with Crippen molar-refractivity contribution in [1.29, 1.82) is 0 Å². The lowest BCUT2D eigenvalue weighted by Crippen LogP contribution is -2.11. The van der Waals surface area contributed by atoms with E-state index >= 15 is 0 Å². The third kappa shape index (κ3) is 2.93. The molecular formula is C17H21NOS. The Balaban J connectivity index is 2.42. The van der Waals surface area contributed by atoms with Crippen molar-refractivity contribution in [1.82, 2.24) is 0 Å². The van der Waals surface area contributed by atoms with Crippen LogP contribution in [0.5, 0.6) is 0 Å². The topological polar surface area (TPSA) is 43.1 Å². The van der Waals surface area contributed by atoms with Gasteiger partial charge in [-0.25, -0.2) is 0 Å². The summed E-state index contributed by atoms with van der Waals surface area (Å²) < 4.78 is 0. The molecule has 0 atom stereocenters. The van der Waals surface area contributed by atoms with Crippen LogP contribution < -0.4 is 5.73 Å². The number of amides is 1. The van der Waals surface area contributed by atoms with Crippen LogP contribution in [0.2, 0.25) is 0 Å². The zero-order chi connectivity index (χ0) is 14.9. The van der Waals surface area contributed by atoms with Crippen LogP contribution in [0, 0.1) is 0 Å². The molecule has 0 aliphatic rings. The molecule has 1 heterocycles. The van der Waals surface area contributed by atoms with Crippen LogP contribution in [0.3, 0.4) is 0 Å². The lowest BCUT2D eigenvalue weighted by Gasteiger charge is -2.05. The number of rotatable bonds is 4. The van der Waals surface area contributed by atoms with E-state index in [2.05, 4.69) is 58.0 Å². The second-order valence-corrected chi connectivity index (χ2v) is 6.74. The Morgan fingerprint density at radius 1 is 1.05 bits per heavy atom. The highest BCUT2D eigenvalue weighted by Crippen LogP contribution is 2.35. The van der Waals surface area contributed by atoms with E-state index in [1.54, 1.807) is 0 Å². The zero-order valence-corrected chi connectivity index (χ0v) is 13.3. The normalized spacial score (nSPS) is 11.3. The fourth-order valence-electron chi connectivity index (χ4n) is 2.20. The molecule has 0 bridgehead atoms. The van der Waals surface area contributed by atoms with E-state index in [-0.39, 0.29) is 5.91 Å². The molecule has 1 aromatic heterocycles.